The summed E-state index contributed by atoms with van der Waals surface area (Å²) >= 11 is 1.19. The summed E-state index contributed by atoms with van der Waals surface area (Å²) in [6, 6.07) is 14.8. The van der Waals surface area contributed by atoms with E-state index < -0.39 is 5.25 Å². The summed E-state index contributed by atoms with van der Waals surface area (Å²) in [6.07, 6.45) is 0. The minimum absolute atomic E-state index is 0.247. The summed E-state index contributed by atoms with van der Waals surface area (Å²) in [7, 11) is 1.57. The van der Waals surface area contributed by atoms with E-state index in [4.69, 9.17) is 14.5 Å². The van der Waals surface area contributed by atoms with Crippen LogP contribution < -0.4 is 10.3 Å². The van der Waals surface area contributed by atoms with Crippen LogP contribution in [0.4, 0.5) is 0 Å². The van der Waals surface area contributed by atoms with Crippen molar-refractivity contribution in [1.82, 2.24) is 14.5 Å². The van der Waals surface area contributed by atoms with Crippen molar-refractivity contribution < 1.29 is 14.3 Å². The first-order valence-electron chi connectivity index (χ1n) is 9.54. The van der Waals surface area contributed by atoms with Crippen molar-refractivity contribution in [1.29, 1.82) is 0 Å². The van der Waals surface area contributed by atoms with E-state index in [-0.39, 0.29) is 11.5 Å². The largest absolute Gasteiger partial charge is 0.497 e. The summed E-state index contributed by atoms with van der Waals surface area (Å²) in [5.74, 6) is 0.262. The summed E-state index contributed by atoms with van der Waals surface area (Å²) in [5, 5.41) is 0.732. The lowest BCUT2D eigenvalue weighted by atomic mass is 10.2. The Kier molecular flexibility index (Phi) is 5.50. The minimum atomic E-state index is -0.531. The number of benzene rings is 2. The number of hydrogen-bond acceptors (Lipinski definition) is 6. The zero-order valence-corrected chi connectivity index (χ0v) is 17.7. The molecule has 30 heavy (non-hydrogen) atoms. The average molecular weight is 423 g/mol. The number of nitrogens with one attached hydrogen (secondary N) is 1. The number of thioether (sulfide) groups is 1. The van der Waals surface area contributed by atoms with Gasteiger partial charge in [0.1, 0.15) is 22.0 Å². The second-order valence-corrected chi connectivity index (χ2v) is 7.95. The van der Waals surface area contributed by atoms with Crippen molar-refractivity contribution in [2.45, 2.75) is 24.3 Å². The van der Waals surface area contributed by atoms with Gasteiger partial charge in [-0.25, -0.2) is 4.98 Å². The van der Waals surface area contributed by atoms with Gasteiger partial charge < -0.3 is 14.5 Å². The molecule has 0 bridgehead atoms. The molecule has 1 atom stereocenters. The van der Waals surface area contributed by atoms with Crippen molar-refractivity contribution in [2.24, 2.45) is 0 Å². The lowest BCUT2D eigenvalue weighted by molar-refractivity contribution is -0.142. The second-order valence-electron chi connectivity index (χ2n) is 6.64. The lowest BCUT2D eigenvalue weighted by Gasteiger charge is -2.15. The summed E-state index contributed by atoms with van der Waals surface area (Å²) in [5.41, 5.74) is 2.17. The van der Waals surface area contributed by atoms with Crippen LogP contribution in [0.2, 0.25) is 0 Å². The predicted octanol–water partition coefficient (Wildman–Crippen LogP) is 3.92. The fourth-order valence-electron chi connectivity index (χ4n) is 3.26. The molecule has 0 saturated carbocycles. The molecule has 8 heteroatoms. The topological polar surface area (TPSA) is 86.2 Å². The highest BCUT2D eigenvalue weighted by atomic mass is 32.2. The van der Waals surface area contributed by atoms with Gasteiger partial charge in [-0.2, -0.15) is 0 Å². The number of aromatic amines is 1. The van der Waals surface area contributed by atoms with E-state index in [1.54, 1.807) is 45.2 Å². The smallest absolute Gasteiger partial charge is 0.319 e. The maximum absolute atomic E-state index is 13.5. The third-order valence-corrected chi connectivity index (χ3v) is 5.74. The van der Waals surface area contributed by atoms with E-state index in [0.29, 0.717) is 34.2 Å². The summed E-state index contributed by atoms with van der Waals surface area (Å²) < 4.78 is 11.9. The molecule has 7 nitrogen and oxygen atoms in total. The van der Waals surface area contributed by atoms with Gasteiger partial charge in [-0.3, -0.25) is 14.2 Å². The molecule has 0 spiro atoms. The number of nitrogens with zero attached hydrogens (tertiary/aromatic N) is 2. The van der Waals surface area contributed by atoms with Crippen LogP contribution in [-0.2, 0) is 9.53 Å². The number of carbonyl (C=O) groups is 1. The molecule has 2 aromatic heterocycles. The van der Waals surface area contributed by atoms with Gasteiger partial charge in [-0.1, -0.05) is 36.0 Å². The van der Waals surface area contributed by atoms with E-state index in [2.05, 4.69) is 4.98 Å². The number of rotatable bonds is 6. The molecule has 2 aromatic carbocycles. The lowest BCUT2D eigenvalue weighted by Crippen LogP contribution is -2.24. The number of aromatic nitrogens is 3. The first kappa shape index (κ1) is 20.0. The van der Waals surface area contributed by atoms with Crippen molar-refractivity contribution in [3.63, 3.8) is 0 Å². The Morgan fingerprint density at radius 2 is 2.03 bits per heavy atom. The zero-order valence-electron chi connectivity index (χ0n) is 16.8. The molecule has 0 aliphatic rings. The van der Waals surface area contributed by atoms with Crippen molar-refractivity contribution in [2.75, 3.05) is 13.7 Å². The van der Waals surface area contributed by atoms with Crippen molar-refractivity contribution in [3.8, 4) is 11.4 Å². The van der Waals surface area contributed by atoms with Gasteiger partial charge in [0.15, 0.2) is 5.16 Å². The molecule has 0 fully saturated rings. The highest BCUT2D eigenvalue weighted by Crippen LogP contribution is 2.29. The molecule has 2 heterocycles. The van der Waals surface area contributed by atoms with Crippen LogP contribution in [0.1, 0.15) is 13.8 Å². The zero-order chi connectivity index (χ0) is 21.3. The maximum Gasteiger partial charge on any atom is 0.319 e. The Morgan fingerprint density at radius 1 is 1.23 bits per heavy atom. The van der Waals surface area contributed by atoms with Crippen LogP contribution in [0.15, 0.2) is 58.5 Å². The van der Waals surface area contributed by atoms with Gasteiger partial charge in [0, 0.05) is 17.0 Å². The molecular weight excluding hydrogens is 402 g/mol. The van der Waals surface area contributed by atoms with Crippen LogP contribution in [0.25, 0.3) is 27.6 Å². The first-order chi connectivity index (χ1) is 14.5. The highest BCUT2D eigenvalue weighted by molar-refractivity contribution is 8.00. The standard InChI is InChI=1S/C22H21N3O4S/c1-4-29-21(27)13(2)30-22-24-18-16-10-5-6-11-17(16)23-19(18)20(26)25(22)14-8-7-9-15(12-14)28-3/h5-13,23H,4H2,1-3H3/t13-/m0/s1. The molecule has 1 N–H and O–H groups in total. The Morgan fingerprint density at radius 3 is 2.80 bits per heavy atom. The number of esters is 1. The van der Waals surface area contributed by atoms with Crippen LogP contribution in [0.5, 0.6) is 5.75 Å². The molecule has 0 saturated heterocycles. The average Bonchev–Trinajstić information content (AvgIpc) is 3.13. The number of H-pyrrole nitrogens is 1. The number of ether oxygens (including phenoxy) is 2. The Hall–Kier alpha value is -3.26. The molecule has 4 aromatic rings. The van der Waals surface area contributed by atoms with Crippen LogP contribution >= 0.6 is 11.8 Å². The monoisotopic (exact) mass is 423 g/mol. The van der Waals surface area contributed by atoms with E-state index in [0.717, 1.165) is 10.9 Å². The summed E-state index contributed by atoms with van der Waals surface area (Å²) in [6.45, 7) is 3.79. The Labute approximate surface area is 177 Å². The van der Waals surface area contributed by atoms with Gasteiger partial charge in [-0.05, 0) is 32.0 Å². The fourth-order valence-corrected chi connectivity index (χ4v) is 4.18. The van der Waals surface area contributed by atoms with Crippen molar-refractivity contribution in [3.05, 3.63) is 58.9 Å². The van der Waals surface area contributed by atoms with E-state index in [1.165, 1.54) is 16.3 Å². The maximum atomic E-state index is 13.5. The normalized spacial score (nSPS) is 12.2. The third-order valence-electron chi connectivity index (χ3n) is 4.71. The van der Waals surface area contributed by atoms with Crippen LogP contribution in [0, 0.1) is 0 Å². The van der Waals surface area contributed by atoms with Crippen LogP contribution in [0.3, 0.4) is 0 Å². The number of carbonyl (C=O) groups excluding carboxylic acids is 1. The van der Waals surface area contributed by atoms with E-state index >= 15 is 0 Å². The second kappa shape index (κ2) is 8.23. The number of methoxy groups -OCH3 is 1. The van der Waals surface area contributed by atoms with Crippen molar-refractivity contribution >= 4 is 39.7 Å². The molecule has 0 aliphatic heterocycles. The third kappa shape index (κ3) is 3.54. The minimum Gasteiger partial charge on any atom is -0.497 e. The van der Waals surface area contributed by atoms with E-state index in [1.807, 2.05) is 24.3 Å². The number of hydrogen-bond donors (Lipinski definition) is 1. The van der Waals surface area contributed by atoms with Crippen LogP contribution in [-0.4, -0.2) is 39.5 Å². The van der Waals surface area contributed by atoms with Gasteiger partial charge in [0.2, 0.25) is 0 Å². The SMILES string of the molecule is CCOC(=O)[C@H](C)Sc1nc2c([nH]c3ccccc32)c(=O)n1-c1cccc(OC)c1. The Balaban J connectivity index is 1.96. The number of para-hydroxylation sites is 1. The molecule has 0 radical (unpaired) electrons. The van der Waals surface area contributed by atoms with Gasteiger partial charge in [0.25, 0.3) is 5.56 Å². The Bertz CT molecular complexity index is 1290. The molecule has 0 unspecified atom stereocenters. The summed E-state index contributed by atoms with van der Waals surface area (Å²) in [4.78, 5) is 33.7. The van der Waals surface area contributed by atoms with Gasteiger partial charge in [0.05, 0.1) is 19.4 Å². The molecule has 0 amide bonds. The predicted molar refractivity (Wildman–Crippen MR) is 118 cm³/mol. The van der Waals surface area contributed by atoms with Gasteiger partial charge in [-0.15, -0.1) is 0 Å². The number of fused-ring (bicyclic) bond motifs is 3. The van der Waals surface area contributed by atoms with E-state index in [9.17, 15) is 9.59 Å². The molecule has 154 valence electrons. The molecular formula is C22H21N3O4S. The highest BCUT2D eigenvalue weighted by Gasteiger charge is 2.22. The molecule has 4 rings (SSSR count). The molecule has 0 aliphatic carbocycles. The van der Waals surface area contributed by atoms with Gasteiger partial charge >= 0.3 is 5.97 Å². The fraction of sp³-hybridized carbons (Fsp3) is 0.227. The quantitative estimate of drug-likeness (QED) is 0.287. The first-order valence-corrected chi connectivity index (χ1v) is 10.4.